The Hall–Kier alpha value is -1.29. The molecule has 0 bridgehead atoms. The zero-order valence-corrected chi connectivity index (χ0v) is 8.45. The van der Waals surface area contributed by atoms with Crippen LogP contribution in [-0.4, -0.2) is 26.2 Å². The van der Waals surface area contributed by atoms with Gasteiger partial charge in [0.25, 0.3) is 5.91 Å². The van der Waals surface area contributed by atoms with Crippen molar-refractivity contribution in [2.45, 2.75) is 6.92 Å². The molecule has 0 fully saturated rings. The van der Waals surface area contributed by atoms with E-state index in [4.69, 9.17) is 9.15 Å². The Morgan fingerprint density at radius 1 is 1.71 bits per heavy atom. The molecule has 0 saturated carbocycles. The lowest BCUT2D eigenvalue weighted by Crippen LogP contribution is -2.29. The van der Waals surface area contributed by atoms with Crippen LogP contribution in [0.5, 0.6) is 0 Å². The second-order valence-corrected chi connectivity index (χ2v) is 3.25. The summed E-state index contributed by atoms with van der Waals surface area (Å²) in [5, 5.41) is 2.76. The summed E-state index contributed by atoms with van der Waals surface area (Å²) in [5.41, 5.74) is 0. The first-order chi connectivity index (χ1) is 6.74. The quantitative estimate of drug-likeness (QED) is 0.773. The van der Waals surface area contributed by atoms with Crippen LogP contribution in [0.25, 0.3) is 0 Å². The number of hydrogen-bond acceptors (Lipinski definition) is 3. The van der Waals surface area contributed by atoms with Gasteiger partial charge in [-0.15, -0.1) is 0 Å². The van der Waals surface area contributed by atoms with Crippen molar-refractivity contribution < 1.29 is 13.9 Å². The van der Waals surface area contributed by atoms with Gasteiger partial charge < -0.3 is 14.5 Å². The molecular formula is C10H15NO3. The molecule has 1 aromatic heterocycles. The second-order valence-electron chi connectivity index (χ2n) is 3.25. The molecule has 0 aliphatic heterocycles. The summed E-state index contributed by atoms with van der Waals surface area (Å²) in [6, 6.07) is 3.32. The van der Waals surface area contributed by atoms with E-state index in [1.165, 1.54) is 6.26 Å². The lowest BCUT2D eigenvalue weighted by molar-refractivity contribution is 0.0906. The second kappa shape index (κ2) is 5.44. The molecule has 14 heavy (non-hydrogen) atoms. The standard InChI is InChI=1S/C10H15NO3/c1-8(7-13-2)6-11-10(12)9-4-3-5-14-9/h3-5,8H,6-7H2,1-2H3,(H,11,12). The van der Waals surface area contributed by atoms with Gasteiger partial charge in [0, 0.05) is 13.7 Å². The Labute approximate surface area is 83.2 Å². The first-order valence-electron chi connectivity index (χ1n) is 4.54. The van der Waals surface area contributed by atoms with E-state index in [0.717, 1.165) is 0 Å². The van der Waals surface area contributed by atoms with Crippen molar-refractivity contribution >= 4 is 5.91 Å². The number of amides is 1. The number of ether oxygens (including phenoxy) is 1. The Bertz CT molecular complexity index is 269. The fourth-order valence-electron chi connectivity index (χ4n) is 1.11. The predicted octanol–water partition coefficient (Wildman–Crippen LogP) is 1.29. The number of carbonyl (C=O) groups is 1. The normalized spacial score (nSPS) is 12.4. The van der Waals surface area contributed by atoms with Gasteiger partial charge in [-0.05, 0) is 18.1 Å². The maximum Gasteiger partial charge on any atom is 0.286 e. The maximum atomic E-state index is 11.4. The average molecular weight is 197 g/mol. The van der Waals surface area contributed by atoms with E-state index >= 15 is 0 Å². The van der Waals surface area contributed by atoms with E-state index in [0.29, 0.717) is 24.8 Å². The zero-order valence-electron chi connectivity index (χ0n) is 8.45. The molecule has 0 aliphatic carbocycles. The molecule has 1 heterocycles. The van der Waals surface area contributed by atoms with E-state index in [-0.39, 0.29) is 5.91 Å². The van der Waals surface area contributed by atoms with Crippen LogP contribution in [0.1, 0.15) is 17.5 Å². The summed E-state index contributed by atoms with van der Waals surface area (Å²) in [6.45, 7) is 3.23. The molecule has 0 radical (unpaired) electrons. The molecule has 1 rings (SSSR count). The third kappa shape index (κ3) is 3.22. The van der Waals surface area contributed by atoms with Crippen molar-refractivity contribution in [1.82, 2.24) is 5.32 Å². The van der Waals surface area contributed by atoms with Crippen molar-refractivity contribution in [2.75, 3.05) is 20.3 Å². The molecule has 4 nitrogen and oxygen atoms in total. The van der Waals surface area contributed by atoms with Crippen LogP contribution in [0.2, 0.25) is 0 Å². The molecule has 1 aromatic rings. The van der Waals surface area contributed by atoms with Crippen LogP contribution >= 0.6 is 0 Å². The van der Waals surface area contributed by atoms with E-state index in [2.05, 4.69) is 5.32 Å². The molecule has 78 valence electrons. The van der Waals surface area contributed by atoms with Gasteiger partial charge in [0.1, 0.15) is 0 Å². The van der Waals surface area contributed by atoms with Crippen molar-refractivity contribution in [3.63, 3.8) is 0 Å². The molecule has 0 aromatic carbocycles. The summed E-state index contributed by atoms with van der Waals surface area (Å²) in [6.07, 6.45) is 1.48. The van der Waals surface area contributed by atoms with Crippen molar-refractivity contribution in [3.05, 3.63) is 24.2 Å². The Kier molecular flexibility index (Phi) is 4.19. The van der Waals surface area contributed by atoms with Gasteiger partial charge in [-0.3, -0.25) is 4.79 Å². The molecule has 1 unspecified atom stereocenters. The van der Waals surface area contributed by atoms with Crippen molar-refractivity contribution in [3.8, 4) is 0 Å². The predicted molar refractivity (Wildman–Crippen MR) is 52.1 cm³/mol. The highest BCUT2D eigenvalue weighted by molar-refractivity contribution is 5.91. The van der Waals surface area contributed by atoms with Gasteiger partial charge in [-0.1, -0.05) is 6.92 Å². The smallest absolute Gasteiger partial charge is 0.286 e. The number of hydrogen-bond donors (Lipinski definition) is 1. The van der Waals surface area contributed by atoms with Crippen LogP contribution in [0, 0.1) is 5.92 Å². The molecule has 0 spiro atoms. The number of furan rings is 1. The number of methoxy groups -OCH3 is 1. The van der Waals surface area contributed by atoms with Gasteiger partial charge in [0.05, 0.1) is 12.9 Å². The van der Waals surface area contributed by atoms with Crippen molar-refractivity contribution in [2.24, 2.45) is 5.92 Å². The number of nitrogens with one attached hydrogen (secondary N) is 1. The highest BCUT2D eigenvalue weighted by atomic mass is 16.5. The van der Waals surface area contributed by atoms with Crippen LogP contribution < -0.4 is 5.32 Å². The van der Waals surface area contributed by atoms with Gasteiger partial charge in [0.2, 0.25) is 0 Å². The lowest BCUT2D eigenvalue weighted by atomic mass is 10.2. The van der Waals surface area contributed by atoms with E-state index < -0.39 is 0 Å². The summed E-state index contributed by atoms with van der Waals surface area (Å²) in [4.78, 5) is 11.4. The SMILES string of the molecule is COCC(C)CNC(=O)c1ccco1. The zero-order chi connectivity index (χ0) is 10.4. The fraction of sp³-hybridized carbons (Fsp3) is 0.500. The Morgan fingerprint density at radius 2 is 2.50 bits per heavy atom. The fourth-order valence-corrected chi connectivity index (χ4v) is 1.11. The largest absolute Gasteiger partial charge is 0.459 e. The highest BCUT2D eigenvalue weighted by Crippen LogP contribution is 2.00. The van der Waals surface area contributed by atoms with Crippen molar-refractivity contribution in [1.29, 1.82) is 0 Å². The lowest BCUT2D eigenvalue weighted by Gasteiger charge is -2.10. The summed E-state index contributed by atoms with van der Waals surface area (Å²) < 4.78 is 9.90. The molecule has 1 N–H and O–H groups in total. The van der Waals surface area contributed by atoms with Gasteiger partial charge in [-0.2, -0.15) is 0 Å². The van der Waals surface area contributed by atoms with Crippen LogP contribution in [0.3, 0.4) is 0 Å². The van der Waals surface area contributed by atoms with Crippen LogP contribution in [0.4, 0.5) is 0 Å². The minimum absolute atomic E-state index is 0.182. The van der Waals surface area contributed by atoms with Crippen LogP contribution in [-0.2, 0) is 4.74 Å². The minimum atomic E-state index is -0.182. The third-order valence-corrected chi connectivity index (χ3v) is 1.81. The summed E-state index contributed by atoms with van der Waals surface area (Å²) >= 11 is 0. The number of rotatable bonds is 5. The van der Waals surface area contributed by atoms with E-state index in [1.807, 2.05) is 6.92 Å². The van der Waals surface area contributed by atoms with Gasteiger partial charge in [-0.25, -0.2) is 0 Å². The highest BCUT2D eigenvalue weighted by Gasteiger charge is 2.09. The van der Waals surface area contributed by atoms with E-state index in [1.54, 1.807) is 19.2 Å². The molecule has 1 amide bonds. The first-order valence-corrected chi connectivity index (χ1v) is 4.54. The maximum absolute atomic E-state index is 11.4. The van der Waals surface area contributed by atoms with E-state index in [9.17, 15) is 4.79 Å². The van der Waals surface area contributed by atoms with Crippen LogP contribution in [0.15, 0.2) is 22.8 Å². The van der Waals surface area contributed by atoms with Gasteiger partial charge >= 0.3 is 0 Å². The summed E-state index contributed by atoms with van der Waals surface area (Å²) in [5.74, 6) is 0.464. The Morgan fingerprint density at radius 3 is 3.07 bits per heavy atom. The molecule has 0 saturated heterocycles. The monoisotopic (exact) mass is 197 g/mol. The third-order valence-electron chi connectivity index (χ3n) is 1.81. The molecular weight excluding hydrogens is 182 g/mol. The Balaban J connectivity index is 2.28. The van der Waals surface area contributed by atoms with Gasteiger partial charge in [0.15, 0.2) is 5.76 Å². The number of carbonyl (C=O) groups excluding carboxylic acids is 1. The average Bonchev–Trinajstić information content (AvgIpc) is 2.67. The molecule has 0 aliphatic rings. The first kappa shape index (κ1) is 10.8. The minimum Gasteiger partial charge on any atom is -0.459 e. The summed E-state index contributed by atoms with van der Waals surface area (Å²) in [7, 11) is 1.64. The molecule has 1 atom stereocenters. The topological polar surface area (TPSA) is 51.5 Å². The molecule has 4 heteroatoms.